The van der Waals surface area contributed by atoms with Gasteiger partial charge in [0.15, 0.2) is 0 Å². The average molecular weight is 315 g/mol. The molecular formula is C17H28ClFN2. The zero-order chi connectivity index (χ0) is 15.7. The summed E-state index contributed by atoms with van der Waals surface area (Å²) in [6.45, 7) is 12.2. The van der Waals surface area contributed by atoms with Crippen LogP contribution in [0.4, 0.5) is 4.39 Å². The van der Waals surface area contributed by atoms with Crippen LogP contribution < -0.4 is 0 Å². The molecule has 0 radical (unpaired) electrons. The highest BCUT2D eigenvalue weighted by atomic mass is 35.5. The second-order valence-corrected chi connectivity index (χ2v) is 5.58. The van der Waals surface area contributed by atoms with Gasteiger partial charge in [0.2, 0.25) is 0 Å². The average Bonchev–Trinajstić information content (AvgIpc) is 2.52. The minimum Gasteiger partial charge on any atom is -0.301 e. The van der Waals surface area contributed by atoms with Crippen molar-refractivity contribution in [3.8, 4) is 0 Å². The highest BCUT2D eigenvalue weighted by molar-refractivity contribution is 6.31. The van der Waals surface area contributed by atoms with Crippen LogP contribution in [0.2, 0.25) is 5.02 Å². The molecule has 0 aliphatic carbocycles. The normalized spacial score (nSPS) is 16.4. The molecule has 4 heteroatoms. The van der Waals surface area contributed by atoms with Crippen molar-refractivity contribution in [2.45, 2.75) is 40.2 Å². The first-order valence-corrected chi connectivity index (χ1v) is 8.46. The number of halogens is 2. The molecule has 1 heterocycles. The van der Waals surface area contributed by atoms with Crippen LogP contribution in [0.1, 0.15) is 39.2 Å². The van der Waals surface area contributed by atoms with Crippen molar-refractivity contribution in [1.29, 1.82) is 0 Å². The van der Waals surface area contributed by atoms with Gasteiger partial charge in [-0.05, 0) is 25.1 Å². The van der Waals surface area contributed by atoms with Crippen molar-refractivity contribution in [1.82, 2.24) is 9.80 Å². The molecule has 1 aliphatic heterocycles. The molecule has 0 amide bonds. The van der Waals surface area contributed by atoms with E-state index in [4.69, 9.17) is 11.6 Å². The summed E-state index contributed by atoms with van der Waals surface area (Å²) in [4.78, 5) is 4.77. The number of nitrogens with zero attached hydrogens (tertiary/aromatic N) is 2. The Bertz CT molecular complexity index is 384. The van der Waals surface area contributed by atoms with Crippen LogP contribution in [-0.2, 0) is 6.54 Å². The molecule has 0 atom stereocenters. The lowest BCUT2D eigenvalue weighted by Crippen LogP contribution is -2.46. The van der Waals surface area contributed by atoms with Crippen molar-refractivity contribution in [3.63, 3.8) is 0 Å². The summed E-state index contributed by atoms with van der Waals surface area (Å²) in [6, 6.07) is 4.90. The SMILES string of the molecule is CC.CCCCN1CCN(Cc2c(F)cccc2Cl)CC1. The van der Waals surface area contributed by atoms with Crippen LogP contribution in [0.25, 0.3) is 0 Å². The van der Waals surface area contributed by atoms with Gasteiger partial charge in [0, 0.05) is 43.3 Å². The lowest BCUT2D eigenvalue weighted by Gasteiger charge is -2.34. The number of benzene rings is 1. The molecule has 2 rings (SSSR count). The van der Waals surface area contributed by atoms with Crippen molar-refractivity contribution >= 4 is 11.6 Å². The van der Waals surface area contributed by atoms with Gasteiger partial charge in [0.1, 0.15) is 5.82 Å². The van der Waals surface area contributed by atoms with Crippen LogP contribution >= 0.6 is 11.6 Å². The van der Waals surface area contributed by atoms with E-state index in [-0.39, 0.29) is 5.82 Å². The van der Waals surface area contributed by atoms with E-state index in [1.165, 1.54) is 25.5 Å². The van der Waals surface area contributed by atoms with Gasteiger partial charge in [0.05, 0.1) is 0 Å². The number of hydrogen-bond donors (Lipinski definition) is 0. The van der Waals surface area contributed by atoms with E-state index in [1.54, 1.807) is 12.1 Å². The Morgan fingerprint density at radius 2 is 1.71 bits per heavy atom. The summed E-state index contributed by atoms with van der Waals surface area (Å²) in [5.41, 5.74) is 0.631. The zero-order valence-electron chi connectivity index (χ0n) is 13.5. The van der Waals surface area contributed by atoms with Crippen LogP contribution in [0.15, 0.2) is 18.2 Å². The first-order chi connectivity index (χ1) is 10.2. The summed E-state index contributed by atoms with van der Waals surface area (Å²) in [5.74, 6) is -0.194. The number of unbranched alkanes of at least 4 members (excludes halogenated alkanes) is 1. The largest absolute Gasteiger partial charge is 0.301 e. The Labute approximate surface area is 133 Å². The minimum absolute atomic E-state index is 0.194. The summed E-state index contributed by atoms with van der Waals surface area (Å²) in [5, 5.41) is 0.536. The molecule has 0 spiro atoms. The third kappa shape index (κ3) is 5.93. The highest BCUT2D eigenvalue weighted by Crippen LogP contribution is 2.21. The lowest BCUT2D eigenvalue weighted by atomic mass is 10.1. The van der Waals surface area contributed by atoms with Gasteiger partial charge < -0.3 is 4.90 Å². The minimum atomic E-state index is -0.194. The summed E-state index contributed by atoms with van der Waals surface area (Å²) < 4.78 is 13.7. The van der Waals surface area contributed by atoms with Crippen molar-refractivity contribution in [3.05, 3.63) is 34.6 Å². The number of piperazine rings is 1. The fourth-order valence-corrected chi connectivity index (χ4v) is 2.68. The standard InChI is InChI=1S/C15H22ClFN2.C2H6/c1-2-3-7-18-8-10-19(11-9-18)12-13-14(16)5-4-6-15(13)17;1-2/h4-6H,2-3,7-12H2,1H3;1-2H3. The number of rotatable bonds is 5. The molecule has 0 aromatic heterocycles. The molecule has 0 bridgehead atoms. The summed E-state index contributed by atoms with van der Waals surface area (Å²) in [7, 11) is 0. The van der Waals surface area contributed by atoms with Crippen LogP contribution in [-0.4, -0.2) is 42.5 Å². The monoisotopic (exact) mass is 314 g/mol. The van der Waals surface area contributed by atoms with Crippen LogP contribution in [0, 0.1) is 5.82 Å². The molecule has 0 saturated carbocycles. The Balaban J connectivity index is 0.00000106. The molecule has 1 saturated heterocycles. The van der Waals surface area contributed by atoms with E-state index in [2.05, 4.69) is 16.7 Å². The van der Waals surface area contributed by atoms with Gasteiger partial charge >= 0.3 is 0 Å². The van der Waals surface area contributed by atoms with Gasteiger partial charge in [0.25, 0.3) is 0 Å². The van der Waals surface area contributed by atoms with Crippen molar-refractivity contribution in [2.24, 2.45) is 0 Å². The van der Waals surface area contributed by atoms with Crippen molar-refractivity contribution < 1.29 is 4.39 Å². The van der Waals surface area contributed by atoms with E-state index < -0.39 is 0 Å². The van der Waals surface area contributed by atoms with E-state index in [1.807, 2.05) is 13.8 Å². The maximum absolute atomic E-state index is 13.7. The summed E-state index contributed by atoms with van der Waals surface area (Å²) >= 11 is 6.07. The van der Waals surface area contributed by atoms with Crippen molar-refractivity contribution in [2.75, 3.05) is 32.7 Å². The fourth-order valence-electron chi connectivity index (χ4n) is 2.46. The maximum atomic E-state index is 13.7. The Kier molecular flexibility index (Phi) is 8.90. The smallest absolute Gasteiger partial charge is 0.129 e. The van der Waals surface area contributed by atoms with Crippen LogP contribution in [0.3, 0.4) is 0 Å². The molecule has 1 fully saturated rings. The van der Waals surface area contributed by atoms with Crippen LogP contribution in [0.5, 0.6) is 0 Å². The third-order valence-electron chi connectivity index (χ3n) is 3.74. The lowest BCUT2D eigenvalue weighted by molar-refractivity contribution is 0.125. The van der Waals surface area contributed by atoms with E-state index in [0.717, 1.165) is 26.2 Å². The zero-order valence-corrected chi connectivity index (χ0v) is 14.3. The van der Waals surface area contributed by atoms with E-state index in [9.17, 15) is 4.39 Å². The van der Waals surface area contributed by atoms with Gasteiger partial charge in [-0.25, -0.2) is 4.39 Å². The first-order valence-electron chi connectivity index (χ1n) is 8.08. The molecular weight excluding hydrogens is 287 g/mol. The second-order valence-electron chi connectivity index (χ2n) is 5.17. The fraction of sp³-hybridized carbons (Fsp3) is 0.647. The quantitative estimate of drug-likeness (QED) is 0.793. The van der Waals surface area contributed by atoms with Gasteiger partial charge in [-0.15, -0.1) is 0 Å². The molecule has 1 aromatic rings. The Morgan fingerprint density at radius 1 is 1.10 bits per heavy atom. The molecule has 2 nitrogen and oxygen atoms in total. The second kappa shape index (κ2) is 10.1. The maximum Gasteiger partial charge on any atom is 0.129 e. The molecule has 0 unspecified atom stereocenters. The van der Waals surface area contributed by atoms with E-state index >= 15 is 0 Å². The Hall–Kier alpha value is -0.640. The third-order valence-corrected chi connectivity index (χ3v) is 4.09. The topological polar surface area (TPSA) is 6.48 Å². The van der Waals surface area contributed by atoms with Gasteiger partial charge in [-0.3, -0.25) is 4.90 Å². The van der Waals surface area contributed by atoms with Gasteiger partial charge in [-0.1, -0.05) is 44.9 Å². The predicted octanol–water partition coefficient (Wildman–Crippen LogP) is 4.42. The highest BCUT2D eigenvalue weighted by Gasteiger charge is 2.18. The molecule has 1 aliphatic rings. The molecule has 120 valence electrons. The molecule has 21 heavy (non-hydrogen) atoms. The Morgan fingerprint density at radius 3 is 2.29 bits per heavy atom. The number of hydrogen-bond acceptors (Lipinski definition) is 2. The summed E-state index contributed by atoms with van der Waals surface area (Å²) in [6.07, 6.45) is 2.50. The molecule has 1 aromatic carbocycles. The van der Waals surface area contributed by atoms with Gasteiger partial charge in [-0.2, -0.15) is 0 Å². The van der Waals surface area contributed by atoms with E-state index in [0.29, 0.717) is 17.1 Å². The first kappa shape index (κ1) is 18.4. The molecule has 0 N–H and O–H groups in total. The predicted molar refractivity (Wildman–Crippen MR) is 89.4 cm³/mol.